The van der Waals surface area contributed by atoms with Gasteiger partial charge in [0.2, 0.25) is 0 Å². The predicted octanol–water partition coefficient (Wildman–Crippen LogP) is 3.84. The molecule has 1 heterocycles. The van der Waals surface area contributed by atoms with E-state index in [9.17, 15) is 24.6 Å². The van der Waals surface area contributed by atoms with E-state index in [1.807, 2.05) is 18.2 Å². The first-order chi connectivity index (χ1) is 14.3. The van der Waals surface area contributed by atoms with Crippen LogP contribution in [0.5, 0.6) is 0 Å². The number of piperidine rings is 1. The van der Waals surface area contributed by atoms with Crippen molar-refractivity contribution < 1.29 is 29.3 Å². The van der Waals surface area contributed by atoms with Crippen molar-refractivity contribution in [2.24, 2.45) is 5.41 Å². The molecule has 3 rings (SSSR count). The fourth-order valence-corrected chi connectivity index (χ4v) is 3.98. The highest BCUT2D eigenvalue weighted by atomic mass is 35.5. The highest BCUT2D eigenvalue weighted by molar-refractivity contribution is 6.30. The zero-order chi connectivity index (χ0) is 21.7. The van der Waals surface area contributed by atoms with Crippen molar-refractivity contribution in [3.05, 3.63) is 70.7 Å². The quantitative estimate of drug-likeness (QED) is 0.673. The number of carboxylic acids is 2. The number of likely N-dealkylation sites (tertiary alicyclic amines) is 1. The molecule has 0 bridgehead atoms. The van der Waals surface area contributed by atoms with Gasteiger partial charge in [0, 0.05) is 11.6 Å². The Labute approximate surface area is 178 Å². The summed E-state index contributed by atoms with van der Waals surface area (Å²) in [6.07, 6.45) is -0.505. The first kappa shape index (κ1) is 21.6. The summed E-state index contributed by atoms with van der Waals surface area (Å²) in [6, 6.07) is 14.6. The topological polar surface area (TPSA) is 104 Å². The Balaban J connectivity index is 1.90. The van der Waals surface area contributed by atoms with Crippen LogP contribution in [-0.4, -0.2) is 45.7 Å². The van der Waals surface area contributed by atoms with Crippen LogP contribution in [0.25, 0.3) is 0 Å². The second-order valence-electron chi connectivity index (χ2n) is 7.27. The minimum absolute atomic E-state index is 0.0109. The Morgan fingerprint density at radius 3 is 2.23 bits per heavy atom. The van der Waals surface area contributed by atoms with Crippen molar-refractivity contribution in [1.29, 1.82) is 0 Å². The molecule has 0 radical (unpaired) electrons. The van der Waals surface area contributed by atoms with E-state index in [-0.39, 0.29) is 32.4 Å². The van der Waals surface area contributed by atoms with E-state index >= 15 is 0 Å². The Morgan fingerprint density at radius 2 is 1.63 bits per heavy atom. The number of hydrogen-bond acceptors (Lipinski definition) is 4. The lowest BCUT2D eigenvalue weighted by Crippen LogP contribution is -2.62. The van der Waals surface area contributed by atoms with Crippen LogP contribution < -0.4 is 0 Å². The molecule has 0 saturated carbocycles. The van der Waals surface area contributed by atoms with Gasteiger partial charge in [-0.05, 0) is 42.5 Å². The highest BCUT2D eigenvalue weighted by Gasteiger charge is 2.58. The maximum Gasteiger partial charge on any atom is 0.410 e. The summed E-state index contributed by atoms with van der Waals surface area (Å²) >= 11 is 5.92. The third-order valence-corrected chi connectivity index (χ3v) is 5.71. The van der Waals surface area contributed by atoms with Gasteiger partial charge >= 0.3 is 18.0 Å². The van der Waals surface area contributed by atoms with E-state index in [0.29, 0.717) is 10.6 Å². The number of hydrogen-bond donors (Lipinski definition) is 2. The number of halogens is 1. The standard InChI is InChI=1S/C22H22ClNO6/c23-17-9-7-15(8-10-17)13-18-22(19(25)26,20(27)28)11-4-12-24(18)21(29)30-14-16-5-2-1-3-6-16/h1-3,5-10,18H,4,11-14H2,(H,25,26)(H,27,28). The maximum absolute atomic E-state index is 12.9. The van der Waals surface area contributed by atoms with Crippen LogP contribution in [-0.2, 0) is 27.4 Å². The number of amides is 1. The Bertz CT molecular complexity index is 901. The molecule has 0 aromatic heterocycles. The molecule has 30 heavy (non-hydrogen) atoms. The minimum atomic E-state index is -2.12. The van der Waals surface area contributed by atoms with Crippen LogP contribution in [0.4, 0.5) is 4.79 Å². The zero-order valence-corrected chi connectivity index (χ0v) is 16.9. The van der Waals surface area contributed by atoms with Crippen molar-refractivity contribution in [3.8, 4) is 0 Å². The smallest absolute Gasteiger partial charge is 0.410 e. The third kappa shape index (κ3) is 4.41. The second-order valence-corrected chi connectivity index (χ2v) is 7.70. The molecule has 7 nitrogen and oxygen atoms in total. The minimum Gasteiger partial charge on any atom is -0.480 e. The summed E-state index contributed by atoms with van der Waals surface area (Å²) in [5, 5.41) is 20.3. The van der Waals surface area contributed by atoms with Gasteiger partial charge in [-0.15, -0.1) is 0 Å². The molecule has 0 aliphatic carbocycles. The molecule has 1 amide bonds. The van der Waals surface area contributed by atoms with Crippen molar-refractivity contribution in [2.45, 2.75) is 31.9 Å². The average Bonchev–Trinajstić information content (AvgIpc) is 2.74. The lowest BCUT2D eigenvalue weighted by molar-refractivity contribution is -0.173. The molecule has 1 unspecified atom stereocenters. The maximum atomic E-state index is 12.9. The van der Waals surface area contributed by atoms with E-state index in [4.69, 9.17) is 16.3 Å². The summed E-state index contributed by atoms with van der Waals surface area (Å²) in [5.74, 6) is -2.93. The van der Waals surface area contributed by atoms with Gasteiger partial charge in [0.1, 0.15) is 6.61 Å². The molecule has 2 N–H and O–H groups in total. The van der Waals surface area contributed by atoms with Crippen molar-refractivity contribution in [1.82, 2.24) is 4.90 Å². The number of ether oxygens (including phenoxy) is 1. The molecule has 8 heteroatoms. The molecule has 158 valence electrons. The Kier molecular flexibility index (Phi) is 6.62. The van der Waals surface area contributed by atoms with Crippen LogP contribution in [0, 0.1) is 5.41 Å². The summed E-state index contributed by atoms with van der Waals surface area (Å²) in [5.41, 5.74) is -0.664. The number of carbonyl (C=O) groups excluding carboxylic acids is 1. The van der Waals surface area contributed by atoms with Gasteiger partial charge < -0.3 is 19.8 Å². The number of aliphatic carboxylic acids is 2. The van der Waals surface area contributed by atoms with Crippen LogP contribution in [0.2, 0.25) is 5.02 Å². The van der Waals surface area contributed by atoms with Crippen LogP contribution >= 0.6 is 11.6 Å². The fraction of sp³-hybridized carbons (Fsp3) is 0.318. The molecule has 2 aromatic rings. The molecular weight excluding hydrogens is 410 g/mol. The zero-order valence-electron chi connectivity index (χ0n) is 16.2. The van der Waals surface area contributed by atoms with Crippen LogP contribution in [0.3, 0.4) is 0 Å². The number of carbonyl (C=O) groups is 3. The lowest BCUT2D eigenvalue weighted by Gasteiger charge is -2.44. The summed E-state index contributed by atoms with van der Waals surface area (Å²) < 4.78 is 5.39. The Hall–Kier alpha value is -3.06. The number of nitrogens with zero attached hydrogens (tertiary/aromatic N) is 1. The van der Waals surface area contributed by atoms with Crippen molar-refractivity contribution in [2.75, 3.05) is 6.54 Å². The lowest BCUT2D eigenvalue weighted by atomic mass is 9.71. The fourth-order valence-electron chi connectivity index (χ4n) is 3.86. The largest absolute Gasteiger partial charge is 0.480 e. The molecule has 1 aliphatic heterocycles. The Morgan fingerprint density at radius 1 is 1.00 bits per heavy atom. The van der Waals surface area contributed by atoms with Gasteiger partial charge in [-0.1, -0.05) is 54.1 Å². The molecule has 1 atom stereocenters. The molecule has 1 aliphatic rings. The van der Waals surface area contributed by atoms with Gasteiger partial charge in [0.25, 0.3) is 0 Å². The monoisotopic (exact) mass is 431 g/mol. The van der Waals surface area contributed by atoms with Crippen molar-refractivity contribution >= 4 is 29.6 Å². The molecular formula is C22H22ClNO6. The van der Waals surface area contributed by atoms with Gasteiger partial charge in [-0.3, -0.25) is 9.59 Å². The van der Waals surface area contributed by atoms with Gasteiger partial charge in [0.05, 0.1) is 6.04 Å². The SMILES string of the molecule is O=C(OCc1ccccc1)N1CCCC(C(=O)O)(C(=O)O)C1Cc1ccc(Cl)cc1. The van der Waals surface area contributed by atoms with Crippen LogP contribution in [0.15, 0.2) is 54.6 Å². The number of benzene rings is 2. The average molecular weight is 432 g/mol. The van der Waals surface area contributed by atoms with Gasteiger partial charge in [0.15, 0.2) is 5.41 Å². The molecule has 0 spiro atoms. The summed E-state index contributed by atoms with van der Waals surface area (Å²) in [7, 11) is 0. The number of rotatable bonds is 6. The van der Waals surface area contributed by atoms with Gasteiger partial charge in [-0.25, -0.2) is 4.79 Å². The molecule has 1 saturated heterocycles. The number of carboxylic acid groups (broad SMARTS) is 2. The summed E-state index contributed by atoms with van der Waals surface area (Å²) in [4.78, 5) is 38.4. The summed E-state index contributed by atoms with van der Waals surface area (Å²) in [6.45, 7) is 0.227. The van der Waals surface area contributed by atoms with E-state index in [1.165, 1.54) is 4.90 Å². The van der Waals surface area contributed by atoms with E-state index in [1.54, 1.807) is 36.4 Å². The first-order valence-corrected chi connectivity index (χ1v) is 9.91. The van der Waals surface area contributed by atoms with Gasteiger partial charge in [-0.2, -0.15) is 0 Å². The predicted molar refractivity (Wildman–Crippen MR) is 109 cm³/mol. The highest BCUT2D eigenvalue weighted by Crippen LogP contribution is 2.39. The van der Waals surface area contributed by atoms with Crippen molar-refractivity contribution in [3.63, 3.8) is 0 Å². The van der Waals surface area contributed by atoms with E-state index < -0.39 is 29.5 Å². The molecule has 1 fully saturated rings. The second kappa shape index (κ2) is 9.17. The first-order valence-electron chi connectivity index (χ1n) is 9.53. The molecule has 2 aromatic carbocycles. The third-order valence-electron chi connectivity index (χ3n) is 5.46. The van der Waals surface area contributed by atoms with E-state index in [2.05, 4.69) is 0 Å². The van der Waals surface area contributed by atoms with E-state index in [0.717, 1.165) is 5.56 Å². The van der Waals surface area contributed by atoms with Crippen LogP contribution in [0.1, 0.15) is 24.0 Å². The normalized spacial score (nSPS) is 17.9.